The monoisotopic (exact) mass is 263 g/mol. The smallest absolute Gasteiger partial charge is 0.240 e. The standard InChI is InChI=1S/C10H14FNO4S/c1-7(6-13)12-17(14,15)8-3-4-10(16-2)9(11)5-8/h3-5,7,12-13H,6H2,1-2H3. The Morgan fingerprint density at radius 1 is 1.53 bits per heavy atom. The quantitative estimate of drug-likeness (QED) is 0.811. The van der Waals surface area contributed by atoms with Crippen molar-refractivity contribution in [3.8, 4) is 5.75 Å². The van der Waals surface area contributed by atoms with E-state index in [1.165, 1.54) is 26.2 Å². The van der Waals surface area contributed by atoms with Crippen molar-refractivity contribution in [2.24, 2.45) is 0 Å². The van der Waals surface area contributed by atoms with E-state index >= 15 is 0 Å². The maximum Gasteiger partial charge on any atom is 0.240 e. The van der Waals surface area contributed by atoms with Crippen molar-refractivity contribution < 1.29 is 22.7 Å². The maximum atomic E-state index is 13.3. The van der Waals surface area contributed by atoms with Crippen LogP contribution in [-0.2, 0) is 10.0 Å². The van der Waals surface area contributed by atoms with Gasteiger partial charge in [0.25, 0.3) is 0 Å². The predicted molar refractivity (Wildman–Crippen MR) is 59.8 cm³/mol. The van der Waals surface area contributed by atoms with Crippen molar-refractivity contribution in [1.82, 2.24) is 4.72 Å². The first-order chi connectivity index (χ1) is 7.90. The summed E-state index contributed by atoms with van der Waals surface area (Å²) in [5.41, 5.74) is 0. The molecule has 17 heavy (non-hydrogen) atoms. The predicted octanol–water partition coefficient (Wildman–Crippen LogP) is 0.493. The molecule has 0 bridgehead atoms. The van der Waals surface area contributed by atoms with Crippen LogP contribution >= 0.6 is 0 Å². The first-order valence-electron chi connectivity index (χ1n) is 4.87. The summed E-state index contributed by atoms with van der Waals surface area (Å²) >= 11 is 0. The second-order valence-corrected chi connectivity index (χ2v) is 5.22. The summed E-state index contributed by atoms with van der Waals surface area (Å²) in [6.45, 7) is 1.16. The molecular weight excluding hydrogens is 249 g/mol. The fraction of sp³-hybridized carbons (Fsp3) is 0.400. The van der Waals surface area contributed by atoms with Crippen molar-refractivity contribution in [3.63, 3.8) is 0 Å². The number of aliphatic hydroxyl groups is 1. The normalized spacial score (nSPS) is 13.4. The molecule has 0 amide bonds. The molecule has 96 valence electrons. The topological polar surface area (TPSA) is 75.6 Å². The van der Waals surface area contributed by atoms with Gasteiger partial charge in [0, 0.05) is 6.04 Å². The zero-order chi connectivity index (χ0) is 13.1. The Morgan fingerprint density at radius 2 is 2.18 bits per heavy atom. The Morgan fingerprint density at radius 3 is 2.65 bits per heavy atom. The van der Waals surface area contributed by atoms with Gasteiger partial charge in [-0.2, -0.15) is 0 Å². The molecule has 1 aromatic rings. The van der Waals surface area contributed by atoms with Crippen LogP contribution in [0.5, 0.6) is 5.75 Å². The molecule has 0 radical (unpaired) electrons. The molecule has 0 aliphatic rings. The van der Waals surface area contributed by atoms with Crippen LogP contribution in [0.4, 0.5) is 4.39 Å². The Hall–Kier alpha value is -1.18. The van der Waals surface area contributed by atoms with E-state index in [4.69, 9.17) is 5.11 Å². The van der Waals surface area contributed by atoms with Crippen LogP contribution in [0.1, 0.15) is 6.92 Å². The number of benzene rings is 1. The summed E-state index contributed by atoms with van der Waals surface area (Å²) < 4.78 is 43.7. The highest BCUT2D eigenvalue weighted by Crippen LogP contribution is 2.20. The van der Waals surface area contributed by atoms with Gasteiger partial charge >= 0.3 is 0 Å². The molecule has 0 heterocycles. The van der Waals surface area contributed by atoms with Gasteiger partial charge in [-0.05, 0) is 25.1 Å². The van der Waals surface area contributed by atoms with E-state index in [2.05, 4.69) is 9.46 Å². The number of nitrogens with one attached hydrogen (secondary N) is 1. The number of hydrogen-bond donors (Lipinski definition) is 2. The number of rotatable bonds is 5. The van der Waals surface area contributed by atoms with Crippen LogP contribution in [0.15, 0.2) is 23.1 Å². The molecule has 1 rings (SSSR count). The van der Waals surface area contributed by atoms with Gasteiger partial charge in [-0.1, -0.05) is 0 Å². The highest BCUT2D eigenvalue weighted by atomic mass is 32.2. The van der Waals surface area contributed by atoms with Gasteiger partial charge in [-0.25, -0.2) is 17.5 Å². The van der Waals surface area contributed by atoms with Gasteiger partial charge in [0.2, 0.25) is 10.0 Å². The Balaban J connectivity index is 3.04. The van der Waals surface area contributed by atoms with Crippen molar-refractivity contribution in [2.45, 2.75) is 17.9 Å². The minimum absolute atomic E-state index is 0.0286. The first-order valence-corrected chi connectivity index (χ1v) is 6.35. The second kappa shape index (κ2) is 5.44. The van der Waals surface area contributed by atoms with E-state index in [-0.39, 0.29) is 17.3 Å². The Labute approximate surface area is 99.3 Å². The SMILES string of the molecule is COc1ccc(S(=O)(=O)NC(C)CO)cc1F. The van der Waals surface area contributed by atoms with E-state index in [1.807, 2.05) is 0 Å². The fourth-order valence-electron chi connectivity index (χ4n) is 1.18. The van der Waals surface area contributed by atoms with E-state index in [1.54, 1.807) is 0 Å². The van der Waals surface area contributed by atoms with E-state index in [9.17, 15) is 12.8 Å². The van der Waals surface area contributed by atoms with Crippen LogP contribution < -0.4 is 9.46 Å². The van der Waals surface area contributed by atoms with Crippen LogP contribution in [0.2, 0.25) is 0 Å². The number of ether oxygens (including phenoxy) is 1. The third-order valence-corrected chi connectivity index (χ3v) is 3.65. The van der Waals surface area contributed by atoms with Crippen molar-refractivity contribution in [1.29, 1.82) is 0 Å². The maximum absolute atomic E-state index is 13.3. The summed E-state index contributed by atoms with van der Waals surface area (Å²) in [4.78, 5) is -0.212. The van der Waals surface area contributed by atoms with Gasteiger partial charge in [-0.15, -0.1) is 0 Å². The molecule has 7 heteroatoms. The van der Waals surface area contributed by atoms with Crippen molar-refractivity contribution >= 4 is 10.0 Å². The van der Waals surface area contributed by atoms with Crippen molar-refractivity contribution in [2.75, 3.05) is 13.7 Å². The Bertz CT molecular complexity index is 489. The first kappa shape index (κ1) is 13.9. The van der Waals surface area contributed by atoms with Gasteiger partial charge in [0.05, 0.1) is 18.6 Å². The summed E-state index contributed by atoms with van der Waals surface area (Å²) in [5, 5.41) is 8.76. The Kier molecular flexibility index (Phi) is 4.44. The lowest BCUT2D eigenvalue weighted by Crippen LogP contribution is -2.35. The molecule has 1 atom stereocenters. The largest absolute Gasteiger partial charge is 0.494 e. The molecule has 5 nitrogen and oxygen atoms in total. The molecule has 0 saturated carbocycles. The molecular formula is C10H14FNO4S. The molecule has 0 fully saturated rings. The lowest BCUT2D eigenvalue weighted by Gasteiger charge is -2.12. The van der Waals surface area contributed by atoms with E-state index in [0.717, 1.165) is 6.07 Å². The molecule has 1 aromatic carbocycles. The van der Waals surface area contributed by atoms with E-state index in [0.29, 0.717) is 0 Å². The molecule has 0 aromatic heterocycles. The fourth-order valence-corrected chi connectivity index (χ4v) is 2.43. The highest BCUT2D eigenvalue weighted by Gasteiger charge is 2.18. The van der Waals surface area contributed by atoms with E-state index < -0.39 is 21.9 Å². The lowest BCUT2D eigenvalue weighted by molar-refractivity contribution is 0.265. The lowest BCUT2D eigenvalue weighted by atomic mass is 10.3. The molecule has 1 unspecified atom stereocenters. The van der Waals surface area contributed by atoms with Crippen molar-refractivity contribution in [3.05, 3.63) is 24.0 Å². The molecule has 0 aliphatic heterocycles. The third-order valence-electron chi connectivity index (χ3n) is 2.06. The third kappa shape index (κ3) is 3.39. The zero-order valence-corrected chi connectivity index (χ0v) is 10.3. The van der Waals surface area contributed by atoms with Gasteiger partial charge in [0.15, 0.2) is 11.6 Å². The summed E-state index contributed by atoms with van der Waals surface area (Å²) in [6.07, 6.45) is 0. The van der Waals surface area contributed by atoms with Gasteiger partial charge < -0.3 is 9.84 Å². The van der Waals surface area contributed by atoms with Gasteiger partial charge in [-0.3, -0.25) is 0 Å². The highest BCUT2D eigenvalue weighted by molar-refractivity contribution is 7.89. The number of aliphatic hydroxyl groups excluding tert-OH is 1. The average Bonchev–Trinajstić information content (AvgIpc) is 2.28. The zero-order valence-electron chi connectivity index (χ0n) is 9.47. The molecule has 0 saturated heterocycles. The summed E-state index contributed by atoms with van der Waals surface area (Å²) in [6, 6.07) is 2.69. The van der Waals surface area contributed by atoms with Crippen LogP contribution in [0, 0.1) is 5.82 Å². The minimum atomic E-state index is -3.82. The number of sulfonamides is 1. The second-order valence-electron chi connectivity index (χ2n) is 3.50. The summed E-state index contributed by atoms with van der Waals surface area (Å²) in [7, 11) is -2.53. The number of methoxy groups -OCH3 is 1. The molecule has 0 spiro atoms. The summed E-state index contributed by atoms with van der Waals surface area (Å²) in [5.74, 6) is -0.786. The molecule has 0 aliphatic carbocycles. The average molecular weight is 263 g/mol. The van der Waals surface area contributed by atoms with Gasteiger partial charge in [0.1, 0.15) is 0 Å². The minimum Gasteiger partial charge on any atom is -0.494 e. The van der Waals surface area contributed by atoms with Crippen LogP contribution in [-0.4, -0.2) is 33.3 Å². The molecule has 2 N–H and O–H groups in total. The van der Waals surface area contributed by atoms with Crippen LogP contribution in [0.25, 0.3) is 0 Å². The number of halogens is 1. The van der Waals surface area contributed by atoms with Crippen LogP contribution in [0.3, 0.4) is 0 Å². The number of hydrogen-bond acceptors (Lipinski definition) is 4.